The topological polar surface area (TPSA) is 72.5 Å². The van der Waals surface area contributed by atoms with E-state index in [2.05, 4.69) is 9.38 Å². The van der Waals surface area contributed by atoms with Crippen LogP contribution >= 0.6 is 0 Å². The van der Waals surface area contributed by atoms with Crippen LogP contribution in [0.1, 0.15) is 26.5 Å². The number of sulfonamides is 1. The Balaban J connectivity index is 2.72. The van der Waals surface area contributed by atoms with E-state index in [1.165, 1.54) is 0 Å². The summed E-state index contributed by atoms with van der Waals surface area (Å²) in [7, 11) is -3.64. The predicted octanol–water partition coefficient (Wildman–Crippen LogP) is 1.21. The van der Waals surface area contributed by atoms with E-state index in [4.69, 9.17) is 4.42 Å². The van der Waals surface area contributed by atoms with Crippen molar-refractivity contribution in [2.24, 2.45) is 9.81 Å². The molecule has 0 N–H and O–H groups in total. The highest BCUT2D eigenvalue weighted by Gasteiger charge is 2.39. The molecule has 76 valence electrons. The van der Waals surface area contributed by atoms with Gasteiger partial charge in [0.15, 0.2) is 6.39 Å². The largest absolute Gasteiger partial charge is 0.430 e. The van der Waals surface area contributed by atoms with Gasteiger partial charge in [0.05, 0.1) is 5.71 Å². The zero-order valence-electron chi connectivity index (χ0n) is 8.10. The summed E-state index contributed by atoms with van der Waals surface area (Å²) in [4.78, 5) is 3.86. The molecule has 0 radical (unpaired) electrons. The summed E-state index contributed by atoms with van der Waals surface area (Å²) in [5.41, 5.74) is 0.452. The van der Waals surface area contributed by atoms with Gasteiger partial charge in [0.2, 0.25) is 0 Å². The third-order valence-electron chi connectivity index (χ3n) is 1.92. The zero-order valence-corrected chi connectivity index (χ0v) is 8.92. The minimum atomic E-state index is -3.64. The molecule has 0 unspecified atom stereocenters. The van der Waals surface area contributed by atoms with Gasteiger partial charge in [0, 0.05) is 5.41 Å². The minimum Gasteiger partial charge on any atom is -0.430 e. The second-order valence-electron chi connectivity index (χ2n) is 4.15. The number of nitrogens with zero attached hydrogens (tertiary/aromatic N) is 2. The average molecular weight is 214 g/mol. The van der Waals surface area contributed by atoms with Gasteiger partial charge in [-0.3, -0.25) is 0 Å². The molecular formula is C8H10N2O3S. The molecule has 0 saturated carbocycles. The zero-order chi connectivity index (χ0) is 10.6. The summed E-state index contributed by atoms with van der Waals surface area (Å²) in [5, 5.41) is -0.137. The van der Waals surface area contributed by atoms with Crippen molar-refractivity contribution >= 4 is 15.7 Å². The van der Waals surface area contributed by atoms with E-state index in [0.717, 1.165) is 6.39 Å². The van der Waals surface area contributed by atoms with E-state index in [9.17, 15) is 8.42 Å². The number of fused-ring (bicyclic) bond motifs is 1. The highest BCUT2D eigenvalue weighted by atomic mass is 32.2. The van der Waals surface area contributed by atoms with Crippen molar-refractivity contribution in [1.29, 1.82) is 0 Å². The monoisotopic (exact) mass is 214 g/mol. The third-order valence-corrected chi connectivity index (χ3v) is 3.10. The maximum Gasteiger partial charge on any atom is 0.318 e. The third kappa shape index (κ3) is 1.18. The van der Waals surface area contributed by atoms with E-state index in [1.807, 2.05) is 20.8 Å². The van der Waals surface area contributed by atoms with Gasteiger partial charge in [0.1, 0.15) is 5.69 Å². The molecule has 0 bridgehead atoms. The Kier molecular flexibility index (Phi) is 1.64. The summed E-state index contributed by atoms with van der Waals surface area (Å²) in [6, 6.07) is 0. The summed E-state index contributed by atoms with van der Waals surface area (Å²) in [6.07, 6.45) is 1.13. The van der Waals surface area contributed by atoms with Crippen LogP contribution in [0.15, 0.2) is 20.3 Å². The fraction of sp³-hybridized carbons (Fsp3) is 0.500. The number of hydrogen-bond donors (Lipinski definition) is 0. The molecule has 0 amide bonds. The Morgan fingerprint density at radius 1 is 1.36 bits per heavy atom. The van der Waals surface area contributed by atoms with Crippen molar-refractivity contribution in [3.8, 4) is 0 Å². The van der Waals surface area contributed by atoms with Crippen LogP contribution in [-0.2, 0) is 10.0 Å². The first-order valence-corrected chi connectivity index (χ1v) is 5.56. The molecule has 0 atom stereocenters. The van der Waals surface area contributed by atoms with Crippen LogP contribution in [0, 0.1) is 5.41 Å². The van der Waals surface area contributed by atoms with E-state index in [1.54, 1.807) is 0 Å². The lowest BCUT2D eigenvalue weighted by molar-refractivity contribution is 0.448. The Morgan fingerprint density at radius 3 is 2.57 bits per heavy atom. The number of hydrogen-bond acceptors (Lipinski definition) is 4. The van der Waals surface area contributed by atoms with Crippen LogP contribution in [0.25, 0.3) is 0 Å². The lowest BCUT2D eigenvalue weighted by Gasteiger charge is -2.15. The van der Waals surface area contributed by atoms with E-state index >= 15 is 0 Å². The number of rotatable bonds is 0. The standard InChI is InChI=1S/C8H10N2O3S/c1-8(2,3)6-5-7(13-4-9-5)14(11,12)10-6/h4H,1-3H3. The summed E-state index contributed by atoms with van der Waals surface area (Å²) in [6.45, 7) is 5.64. The van der Waals surface area contributed by atoms with Gasteiger partial charge in [-0.25, -0.2) is 4.98 Å². The van der Waals surface area contributed by atoms with Crippen molar-refractivity contribution in [1.82, 2.24) is 4.98 Å². The first-order chi connectivity index (χ1) is 6.32. The molecule has 0 fully saturated rings. The van der Waals surface area contributed by atoms with Crippen LogP contribution in [0.2, 0.25) is 0 Å². The number of oxazole rings is 1. The second kappa shape index (κ2) is 2.44. The van der Waals surface area contributed by atoms with Crippen molar-refractivity contribution in [3.63, 3.8) is 0 Å². The Hall–Kier alpha value is -1.17. The molecule has 2 rings (SSSR count). The van der Waals surface area contributed by atoms with Crippen molar-refractivity contribution < 1.29 is 12.8 Å². The van der Waals surface area contributed by atoms with Gasteiger partial charge in [-0.2, -0.15) is 12.8 Å². The summed E-state index contributed by atoms with van der Waals surface area (Å²) < 4.78 is 31.4. The van der Waals surface area contributed by atoms with Gasteiger partial charge >= 0.3 is 10.0 Å². The molecule has 14 heavy (non-hydrogen) atoms. The maximum absolute atomic E-state index is 11.4. The fourth-order valence-corrected chi connectivity index (χ4v) is 2.52. The van der Waals surface area contributed by atoms with Gasteiger partial charge in [-0.1, -0.05) is 20.8 Å². The van der Waals surface area contributed by atoms with E-state index < -0.39 is 10.0 Å². The molecule has 6 heteroatoms. The van der Waals surface area contributed by atoms with Gasteiger partial charge < -0.3 is 4.42 Å². The Labute approximate surface area is 81.9 Å². The minimum absolute atomic E-state index is 0.137. The molecule has 0 aromatic carbocycles. The quantitative estimate of drug-likeness (QED) is 0.650. The Bertz CT molecular complexity index is 505. The van der Waals surface area contributed by atoms with Crippen molar-refractivity contribution in [2.75, 3.05) is 0 Å². The second-order valence-corrected chi connectivity index (χ2v) is 5.66. The molecule has 2 heterocycles. The molecule has 1 aliphatic heterocycles. The molecule has 0 aliphatic carbocycles. The lowest BCUT2D eigenvalue weighted by Crippen LogP contribution is -2.20. The maximum atomic E-state index is 11.4. The van der Waals surface area contributed by atoms with Crippen LogP contribution in [0.5, 0.6) is 0 Å². The van der Waals surface area contributed by atoms with E-state index in [0.29, 0.717) is 11.4 Å². The molecule has 0 saturated heterocycles. The first-order valence-electron chi connectivity index (χ1n) is 4.12. The predicted molar refractivity (Wildman–Crippen MR) is 49.7 cm³/mol. The average Bonchev–Trinajstić information content (AvgIpc) is 2.51. The molecule has 0 spiro atoms. The fourth-order valence-electron chi connectivity index (χ4n) is 1.27. The Morgan fingerprint density at radius 2 is 2.00 bits per heavy atom. The number of aromatic nitrogens is 1. The highest BCUT2D eigenvalue weighted by Crippen LogP contribution is 2.32. The smallest absolute Gasteiger partial charge is 0.318 e. The van der Waals surface area contributed by atoms with Crippen LogP contribution in [0.3, 0.4) is 0 Å². The van der Waals surface area contributed by atoms with Crippen molar-refractivity contribution in [3.05, 3.63) is 12.1 Å². The van der Waals surface area contributed by atoms with Crippen LogP contribution in [0.4, 0.5) is 0 Å². The molecule has 1 aromatic heterocycles. The molecule has 5 nitrogen and oxygen atoms in total. The molecule has 1 aliphatic rings. The van der Waals surface area contributed by atoms with Crippen molar-refractivity contribution in [2.45, 2.75) is 25.9 Å². The SMILES string of the molecule is CC(C)(C)C1=NS(=O)(=O)c2ocnc21. The highest BCUT2D eigenvalue weighted by molar-refractivity contribution is 7.90. The summed E-state index contributed by atoms with van der Waals surface area (Å²) >= 11 is 0. The van der Waals surface area contributed by atoms with Gasteiger partial charge in [-0.05, 0) is 0 Å². The normalized spacial score (nSPS) is 19.2. The van der Waals surface area contributed by atoms with Crippen LogP contribution < -0.4 is 0 Å². The molecular weight excluding hydrogens is 204 g/mol. The van der Waals surface area contributed by atoms with Gasteiger partial charge in [0.25, 0.3) is 5.09 Å². The van der Waals surface area contributed by atoms with E-state index in [-0.39, 0.29) is 10.5 Å². The first kappa shape index (κ1) is 9.39. The summed E-state index contributed by atoms with van der Waals surface area (Å²) in [5.74, 6) is 0. The van der Waals surface area contributed by atoms with Gasteiger partial charge in [-0.15, -0.1) is 0 Å². The lowest BCUT2D eigenvalue weighted by atomic mass is 9.88. The van der Waals surface area contributed by atoms with Crippen LogP contribution in [-0.4, -0.2) is 19.1 Å². The molecule has 1 aromatic rings.